The van der Waals surface area contributed by atoms with Crippen LogP contribution >= 0.6 is 22.7 Å². The summed E-state index contributed by atoms with van der Waals surface area (Å²) in [5.74, 6) is 5.79. The maximum absolute atomic E-state index is 5.76. The number of rotatable bonds is 11. The Balaban J connectivity index is 2.12. The standard InChI is InChI=1S/C24H30S2/c1-5-9-11-13-15-19-17-23(25-21(19)7-3)24-18-20(22(8-4)26-24)16-14-12-10-6-2/h3-4,17-18H,5-6,9-16H2,1-2H3. The van der Waals surface area contributed by atoms with E-state index in [0.717, 1.165) is 22.6 Å². The highest BCUT2D eigenvalue weighted by Gasteiger charge is 2.14. The van der Waals surface area contributed by atoms with Gasteiger partial charge in [0.15, 0.2) is 0 Å². The minimum Gasteiger partial charge on any atom is -0.125 e. The summed E-state index contributed by atoms with van der Waals surface area (Å²) in [6.07, 6.45) is 23.9. The maximum Gasteiger partial charge on any atom is 0.0804 e. The molecule has 0 spiro atoms. The minimum atomic E-state index is 1.09. The van der Waals surface area contributed by atoms with Gasteiger partial charge in [-0.05, 0) is 48.9 Å². The monoisotopic (exact) mass is 382 g/mol. The Labute approximate surface area is 168 Å². The first-order valence-corrected chi connectivity index (χ1v) is 11.6. The zero-order valence-electron chi connectivity index (χ0n) is 16.2. The number of aryl methyl sites for hydroxylation is 2. The Kier molecular flexibility index (Phi) is 9.04. The first-order chi connectivity index (χ1) is 12.7. The molecule has 0 aromatic carbocycles. The van der Waals surface area contributed by atoms with Gasteiger partial charge in [0.1, 0.15) is 0 Å². The minimum absolute atomic E-state index is 1.09. The maximum atomic E-state index is 5.76. The lowest BCUT2D eigenvalue weighted by Gasteiger charge is -1.98. The van der Waals surface area contributed by atoms with Crippen molar-refractivity contribution in [2.75, 3.05) is 0 Å². The second-order valence-electron chi connectivity index (χ2n) is 6.84. The molecule has 0 saturated heterocycles. The second-order valence-corrected chi connectivity index (χ2v) is 8.94. The summed E-state index contributed by atoms with van der Waals surface area (Å²) in [6, 6.07) is 4.61. The van der Waals surface area contributed by atoms with Gasteiger partial charge in [0.2, 0.25) is 0 Å². The van der Waals surface area contributed by atoms with Crippen LogP contribution in [0.3, 0.4) is 0 Å². The Morgan fingerprint density at radius 2 is 1.12 bits per heavy atom. The van der Waals surface area contributed by atoms with Gasteiger partial charge in [-0.15, -0.1) is 35.5 Å². The summed E-state index contributed by atoms with van der Waals surface area (Å²) in [5.41, 5.74) is 2.67. The van der Waals surface area contributed by atoms with E-state index in [1.807, 2.05) is 0 Å². The van der Waals surface area contributed by atoms with Gasteiger partial charge in [-0.2, -0.15) is 0 Å². The van der Waals surface area contributed by atoms with Crippen molar-refractivity contribution < 1.29 is 0 Å². The fourth-order valence-corrected chi connectivity index (χ4v) is 5.31. The summed E-state index contributed by atoms with van der Waals surface area (Å²) in [6.45, 7) is 4.49. The molecule has 0 aliphatic heterocycles. The zero-order valence-corrected chi connectivity index (χ0v) is 17.8. The van der Waals surface area contributed by atoms with Crippen molar-refractivity contribution in [3.05, 3.63) is 33.0 Å². The molecule has 0 aliphatic rings. The van der Waals surface area contributed by atoms with E-state index in [9.17, 15) is 0 Å². The van der Waals surface area contributed by atoms with E-state index in [2.05, 4.69) is 37.8 Å². The number of hydrogen-bond acceptors (Lipinski definition) is 2. The van der Waals surface area contributed by atoms with Crippen LogP contribution in [0.2, 0.25) is 0 Å². The van der Waals surface area contributed by atoms with Gasteiger partial charge >= 0.3 is 0 Å². The van der Waals surface area contributed by atoms with Gasteiger partial charge in [-0.1, -0.05) is 64.2 Å². The molecule has 2 heterocycles. The van der Waals surface area contributed by atoms with Crippen LogP contribution in [0.1, 0.15) is 86.1 Å². The first-order valence-electron chi connectivity index (χ1n) is 9.92. The highest BCUT2D eigenvalue weighted by atomic mass is 32.1. The molecule has 0 fully saturated rings. The van der Waals surface area contributed by atoms with Gasteiger partial charge in [0.25, 0.3) is 0 Å². The lowest BCUT2D eigenvalue weighted by molar-refractivity contribution is 0.667. The van der Waals surface area contributed by atoms with E-state index in [1.54, 1.807) is 22.7 Å². The highest BCUT2D eigenvalue weighted by molar-refractivity contribution is 7.22. The lowest BCUT2D eigenvalue weighted by atomic mass is 10.1. The molecule has 0 N–H and O–H groups in total. The summed E-state index contributed by atoms with van der Waals surface area (Å²) in [7, 11) is 0. The van der Waals surface area contributed by atoms with Gasteiger partial charge in [-0.25, -0.2) is 0 Å². The number of thiophene rings is 2. The van der Waals surface area contributed by atoms with E-state index in [-0.39, 0.29) is 0 Å². The largest absolute Gasteiger partial charge is 0.125 e. The summed E-state index contributed by atoms with van der Waals surface area (Å²) >= 11 is 3.49. The molecule has 26 heavy (non-hydrogen) atoms. The van der Waals surface area contributed by atoms with Crippen LogP contribution in [0.4, 0.5) is 0 Å². The van der Waals surface area contributed by atoms with Gasteiger partial charge in [0.05, 0.1) is 9.75 Å². The molecule has 0 radical (unpaired) electrons. The van der Waals surface area contributed by atoms with Crippen LogP contribution in [-0.2, 0) is 12.8 Å². The van der Waals surface area contributed by atoms with Crippen LogP contribution in [0, 0.1) is 24.7 Å². The predicted molar refractivity (Wildman–Crippen MR) is 119 cm³/mol. The van der Waals surface area contributed by atoms with Crippen molar-refractivity contribution in [2.24, 2.45) is 0 Å². The van der Waals surface area contributed by atoms with E-state index in [4.69, 9.17) is 12.8 Å². The zero-order chi connectivity index (χ0) is 18.8. The van der Waals surface area contributed by atoms with E-state index < -0.39 is 0 Å². The highest BCUT2D eigenvalue weighted by Crippen LogP contribution is 2.38. The SMILES string of the molecule is C#Cc1sc(-c2cc(CCCCCC)c(C#C)s2)cc1CCCCCC. The summed E-state index contributed by atoms with van der Waals surface area (Å²) < 4.78 is 0. The molecular formula is C24H30S2. The van der Waals surface area contributed by atoms with Crippen molar-refractivity contribution in [1.82, 2.24) is 0 Å². The smallest absolute Gasteiger partial charge is 0.0804 e. The molecule has 0 amide bonds. The average Bonchev–Trinajstić information content (AvgIpc) is 3.26. The Hall–Kier alpha value is -1.48. The van der Waals surface area contributed by atoms with Crippen LogP contribution < -0.4 is 0 Å². The van der Waals surface area contributed by atoms with E-state index in [1.165, 1.54) is 72.2 Å². The second kappa shape index (κ2) is 11.3. The van der Waals surface area contributed by atoms with Gasteiger partial charge in [-0.3, -0.25) is 0 Å². The normalized spacial score (nSPS) is 10.6. The van der Waals surface area contributed by atoms with E-state index >= 15 is 0 Å². The molecule has 0 unspecified atom stereocenters. The molecule has 138 valence electrons. The van der Waals surface area contributed by atoms with Crippen LogP contribution in [0.15, 0.2) is 12.1 Å². The Morgan fingerprint density at radius 1 is 0.692 bits per heavy atom. The quantitative estimate of drug-likeness (QED) is 0.276. The number of unbranched alkanes of at least 4 members (excludes halogenated alkanes) is 6. The number of hydrogen-bond donors (Lipinski definition) is 0. The molecule has 0 saturated carbocycles. The Bertz CT molecular complexity index is 695. The average molecular weight is 383 g/mol. The van der Waals surface area contributed by atoms with Crippen molar-refractivity contribution in [3.63, 3.8) is 0 Å². The van der Waals surface area contributed by atoms with Gasteiger partial charge in [0, 0.05) is 9.75 Å². The summed E-state index contributed by atoms with van der Waals surface area (Å²) in [5, 5.41) is 0. The van der Waals surface area contributed by atoms with Crippen LogP contribution in [-0.4, -0.2) is 0 Å². The van der Waals surface area contributed by atoms with Crippen LogP contribution in [0.25, 0.3) is 9.75 Å². The first kappa shape index (κ1) is 20.8. The lowest BCUT2D eigenvalue weighted by Crippen LogP contribution is -1.85. The third-order valence-corrected chi connectivity index (χ3v) is 7.14. The fraction of sp³-hybridized carbons (Fsp3) is 0.500. The third-order valence-electron chi connectivity index (χ3n) is 4.72. The predicted octanol–water partition coefficient (Wildman–Crippen LogP) is 7.68. The molecular weight excluding hydrogens is 352 g/mol. The fourth-order valence-electron chi connectivity index (χ4n) is 3.20. The van der Waals surface area contributed by atoms with Crippen molar-refractivity contribution in [3.8, 4) is 34.4 Å². The Morgan fingerprint density at radius 3 is 1.46 bits per heavy atom. The topological polar surface area (TPSA) is 0 Å². The number of terminal acetylenes is 2. The molecule has 0 atom stereocenters. The van der Waals surface area contributed by atoms with Crippen LogP contribution in [0.5, 0.6) is 0 Å². The molecule has 0 nitrogen and oxygen atoms in total. The molecule has 2 heteroatoms. The summed E-state index contributed by atoms with van der Waals surface area (Å²) in [4.78, 5) is 4.75. The molecule has 0 bridgehead atoms. The van der Waals surface area contributed by atoms with E-state index in [0.29, 0.717) is 0 Å². The van der Waals surface area contributed by atoms with Crippen molar-refractivity contribution >= 4 is 22.7 Å². The van der Waals surface area contributed by atoms with Gasteiger partial charge < -0.3 is 0 Å². The molecule has 0 aliphatic carbocycles. The molecule has 2 aromatic rings. The third kappa shape index (κ3) is 5.77. The van der Waals surface area contributed by atoms with Crippen molar-refractivity contribution in [1.29, 1.82) is 0 Å². The molecule has 2 aromatic heterocycles. The molecule has 2 rings (SSSR count). The van der Waals surface area contributed by atoms with Crippen molar-refractivity contribution in [2.45, 2.75) is 78.1 Å².